The summed E-state index contributed by atoms with van der Waals surface area (Å²) in [5.74, 6) is 0.00452. The molecule has 1 amide bonds. The Labute approximate surface area is 205 Å². The van der Waals surface area contributed by atoms with Gasteiger partial charge in [-0.2, -0.15) is 0 Å². The maximum Gasteiger partial charge on any atom is 0.262 e. The summed E-state index contributed by atoms with van der Waals surface area (Å²) in [5.41, 5.74) is 5.96. The van der Waals surface area contributed by atoms with Crippen LogP contribution in [0.3, 0.4) is 0 Å². The summed E-state index contributed by atoms with van der Waals surface area (Å²) in [6, 6.07) is 15.1. The molecular weight excluding hydrogens is 440 g/mol. The van der Waals surface area contributed by atoms with Gasteiger partial charge in [-0.15, -0.1) is 0 Å². The highest BCUT2D eigenvalue weighted by molar-refractivity contribution is 6.06. The Morgan fingerprint density at radius 1 is 0.914 bits per heavy atom. The molecule has 0 unspecified atom stereocenters. The van der Waals surface area contributed by atoms with E-state index in [0.717, 1.165) is 53.9 Å². The second kappa shape index (κ2) is 9.53. The Balaban J connectivity index is 1.49. The first-order chi connectivity index (χ1) is 17.0. The summed E-state index contributed by atoms with van der Waals surface area (Å²) in [7, 11) is 1.98. The molecule has 2 aliphatic carbocycles. The molecule has 35 heavy (non-hydrogen) atoms. The SMILES string of the molecule is Cc1ccccc1NC(=O)COc1ccccc1C1C2=C(CCCC2=O)N(C)C2=C1C(=O)CCC2. The van der Waals surface area contributed by atoms with E-state index in [1.807, 2.05) is 62.5 Å². The van der Waals surface area contributed by atoms with Gasteiger partial charge in [-0.3, -0.25) is 14.4 Å². The van der Waals surface area contributed by atoms with E-state index in [2.05, 4.69) is 10.2 Å². The summed E-state index contributed by atoms with van der Waals surface area (Å²) in [5, 5.41) is 2.89. The maximum atomic E-state index is 13.2. The fourth-order valence-electron chi connectivity index (χ4n) is 5.56. The van der Waals surface area contributed by atoms with Crippen molar-refractivity contribution in [1.29, 1.82) is 0 Å². The second-order valence-electron chi connectivity index (χ2n) is 9.46. The van der Waals surface area contributed by atoms with E-state index in [0.29, 0.717) is 29.7 Å². The number of hydrogen-bond acceptors (Lipinski definition) is 5. The number of carbonyl (C=O) groups is 3. The summed E-state index contributed by atoms with van der Waals surface area (Å²) >= 11 is 0. The van der Waals surface area contributed by atoms with E-state index in [9.17, 15) is 14.4 Å². The van der Waals surface area contributed by atoms with Crippen molar-refractivity contribution in [1.82, 2.24) is 4.90 Å². The van der Waals surface area contributed by atoms with Crippen molar-refractivity contribution in [3.05, 3.63) is 82.2 Å². The molecule has 0 spiro atoms. The Hall–Kier alpha value is -3.67. The number of amides is 1. The lowest BCUT2D eigenvalue weighted by atomic mass is 9.71. The zero-order valence-electron chi connectivity index (χ0n) is 20.2. The lowest BCUT2D eigenvalue weighted by Crippen LogP contribution is -2.37. The van der Waals surface area contributed by atoms with Crippen molar-refractivity contribution < 1.29 is 19.1 Å². The minimum atomic E-state index is -0.451. The number of hydrogen-bond donors (Lipinski definition) is 1. The Kier molecular flexibility index (Phi) is 6.29. The van der Waals surface area contributed by atoms with Crippen molar-refractivity contribution in [3.63, 3.8) is 0 Å². The van der Waals surface area contributed by atoms with Gasteiger partial charge in [-0.25, -0.2) is 0 Å². The zero-order chi connectivity index (χ0) is 24.5. The highest BCUT2D eigenvalue weighted by Gasteiger charge is 2.43. The third-order valence-corrected chi connectivity index (χ3v) is 7.25. The van der Waals surface area contributed by atoms with Crippen LogP contribution in [-0.4, -0.2) is 36.0 Å². The van der Waals surface area contributed by atoms with Crippen LogP contribution in [0.15, 0.2) is 71.1 Å². The molecule has 180 valence electrons. The molecule has 5 rings (SSSR count). The Morgan fingerprint density at radius 2 is 1.51 bits per heavy atom. The monoisotopic (exact) mass is 470 g/mol. The topological polar surface area (TPSA) is 75.7 Å². The van der Waals surface area contributed by atoms with E-state index in [-0.39, 0.29) is 24.1 Å². The lowest BCUT2D eigenvalue weighted by molar-refractivity contribution is -0.119. The van der Waals surface area contributed by atoms with Crippen molar-refractivity contribution >= 4 is 23.2 Å². The third-order valence-electron chi connectivity index (χ3n) is 7.25. The highest BCUT2D eigenvalue weighted by atomic mass is 16.5. The van der Waals surface area contributed by atoms with Crippen LogP contribution in [0.25, 0.3) is 0 Å². The molecule has 3 aliphatic rings. The van der Waals surface area contributed by atoms with Crippen LogP contribution >= 0.6 is 0 Å². The molecule has 1 heterocycles. The van der Waals surface area contributed by atoms with Crippen LogP contribution in [0.5, 0.6) is 5.75 Å². The molecule has 2 aromatic rings. The quantitative estimate of drug-likeness (QED) is 0.661. The molecule has 2 aromatic carbocycles. The molecular formula is C29H30N2O4. The highest BCUT2D eigenvalue weighted by Crippen LogP contribution is 2.50. The average molecular weight is 471 g/mol. The number of benzene rings is 2. The van der Waals surface area contributed by atoms with Gasteiger partial charge in [-0.05, 0) is 50.3 Å². The molecule has 6 heteroatoms. The van der Waals surface area contributed by atoms with E-state index < -0.39 is 5.92 Å². The number of anilines is 1. The molecule has 0 bridgehead atoms. The summed E-state index contributed by atoms with van der Waals surface area (Å²) in [6.07, 6.45) is 4.26. The minimum Gasteiger partial charge on any atom is -0.483 e. The van der Waals surface area contributed by atoms with Crippen LogP contribution in [0, 0.1) is 6.92 Å². The molecule has 0 aromatic heterocycles. The normalized spacial score (nSPS) is 18.4. The summed E-state index contributed by atoms with van der Waals surface area (Å²) in [6.45, 7) is 1.77. The molecule has 0 saturated carbocycles. The largest absolute Gasteiger partial charge is 0.483 e. The van der Waals surface area contributed by atoms with E-state index in [1.54, 1.807) is 0 Å². The molecule has 6 nitrogen and oxygen atoms in total. The number of carbonyl (C=O) groups excluding carboxylic acids is 3. The van der Waals surface area contributed by atoms with Gasteiger partial charge in [0.25, 0.3) is 5.91 Å². The number of para-hydroxylation sites is 2. The predicted molar refractivity (Wildman–Crippen MR) is 134 cm³/mol. The fourth-order valence-corrected chi connectivity index (χ4v) is 5.56. The van der Waals surface area contributed by atoms with E-state index >= 15 is 0 Å². The fraction of sp³-hybridized carbons (Fsp3) is 0.345. The number of ether oxygens (including phenoxy) is 1. The first-order valence-electron chi connectivity index (χ1n) is 12.3. The van der Waals surface area contributed by atoms with Gasteiger partial charge in [0.1, 0.15) is 5.75 Å². The molecule has 1 N–H and O–H groups in total. The number of nitrogens with one attached hydrogen (secondary N) is 1. The van der Waals surface area contributed by atoms with Crippen molar-refractivity contribution in [2.45, 2.75) is 51.4 Å². The number of rotatable bonds is 5. The van der Waals surface area contributed by atoms with Gasteiger partial charge in [0.2, 0.25) is 0 Å². The molecule has 0 fully saturated rings. The number of aryl methyl sites for hydroxylation is 1. The van der Waals surface area contributed by atoms with Crippen LogP contribution in [0.2, 0.25) is 0 Å². The van der Waals surface area contributed by atoms with Crippen molar-refractivity contribution in [2.24, 2.45) is 0 Å². The summed E-state index contributed by atoms with van der Waals surface area (Å²) < 4.78 is 6.03. The number of allylic oxidation sites excluding steroid dienone is 4. The lowest BCUT2D eigenvalue weighted by Gasteiger charge is -2.42. The smallest absolute Gasteiger partial charge is 0.262 e. The Bertz CT molecular complexity index is 1230. The molecule has 0 atom stereocenters. The molecule has 0 radical (unpaired) electrons. The first kappa shape index (κ1) is 23.1. The van der Waals surface area contributed by atoms with Gasteiger partial charge in [-0.1, -0.05) is 36.4 Å². The Morgan fingerprint density at radius 3 is 2.17 bits per heavy atom. The van der Waals surface area contributed by atoms with Crippen molar-refractivity contribution in [2.75, 3.05) is 19.0 Å². The second-order valence-corrected chi connectivity index (χ2v) is 9.46. The number of nitrogens with zero attached hydrogens (tertiary/aromatic N) is 1. The van der Waals surface area contributed by atoms with Gasteiger partial charge < -0.3 is 15.0 Å². The molecule has 1 aliphatic heterocycles. The number of Topliss-reactive ketones (excluding diaryl/α,β-unsaturated/α-hetero) is 2. The van der Waals surface area contributed by atoms with Crippen LogP contribution in [0.4, 0.5) is 5.69 Å². The van der Waals surface area contributed by atoms with Gasteiger partial charge in [0.15, 0.2) is 18.2 Å². The van der Waals surface area contributed by atoms with E-state index in [4.69, 9.17) is 4.74 Å². The van der Waals surface area contributed by atoms with Gasteiger partial charge >= 0.3 is 0 Å². The average Bonchev–Trinajstić information content (AvgIpc) is 2.86. The standard InChI is InChI=1S/C29H30N2O4/c1-18-9-3-5-11-20(18)30-26(34)17-35-25-16-6-4-10-19(25)27-28-21(12-7-14-23(28)32)31(2)22-13-8-15-24(33)29(22)27/h3-6,9-11,16,27H,7-8,12-15,17H2,1-2H3,(H,30,34). The molecule has 0 saturated heterocycles. The van der Waals surface area contributed by atoms with Gasteiger partial charge in [0.05, 0.1) is 0 Å². The first-order valence-corrected chi connectivity index (χ1v) is 12.3. The van der Waals surface area contributed by atoms with Crippen molar-refractivity contribution in [3.8, 4) is 5.75 Å². The van der Waals surface area contributed by atoms with Crippen LogP contribution in [0.1, 0.15) is 55.6 Å². The third kappa shape index (κ3) is 4.29. The van der Waals surface area contributed by atoms with Gasteiger partial charge in [0, 0.05) is 59.6 Å². The zero-order valence-corrected chi connectivity index (χ0v) is 20.2. The number of ketones is 2. The minimum absolute atomic E-state index is 0.0973. The van der Waals surface area contributed by atoms with Crippen LogP contribution in [-0.2, 0) is 14.4 Å². The van der Waals surface area contributed by atoms with Crippen LogP contribution < -0.4 is 10.1 Å². The van der Waals surface area contributed by atoms with E-state index in [1.165, 1.54) is 0 Å². The predicted octanol–water partition coefficient (Wildman–Crippen LogP) is 5.06. The maximum absolute atomic E-state index is 13.2. The summed E-state index contributed by atoms with van der Waals surface area (Å²) in [4.78, 5) is 41.2.